The molecular weight excluding hydrogens is 230 g/mol. The van der Waals surface area contributed by atoms with Crippen molar-refractivity contribution in [3.8, 4) is 0 Å². The van der Waals surface area contributed by atoms with Gasteiger partial charge in [0.1, 0.15) is 5.60 Å². The van der Waals surface area contributed by atoms with Crippen LogP contribution in [0.1, 0.15) is 52.9 Å². The Morgan fingerprint density at radius 2 is 1.94 bits per heavy atom. The van der Waals surface area contributed by atoms with Crippen molar-refractivity contribution in [1.29, 1.82) is 0 Å². The minimum atomic E-state index is -0.463. The van der Waals surface area contributed by atoms with Gasteiger partial charge in [-0.1, -0.05) is 12.8 Å². The highest BCUT2D eigenvalue weighted by atomic mass is 16.6. The van der Waals surface area contributed by atoms with Crippen LogP contribution in [0.3, 0.4) is 0 Å². The van der Waals surface area contributed by atoms with Crippen LogP contribution in [0.25, 0.3) is 0 Å². The zero-order valence-corrected chi connectivity index (χ0v) is 12.1. The molecule has 0 aromatic heterocycles. The lowest BCUT2D eigenvalue weighted by Gasteiger charge is -2.26. The molecule has 0 bridgehead atoms. The van der Waals surface area contributed by atoms with Crippen LogP contribution in [0.4, 0.5) is 4.79 Å². The molecule has 1 saturated carbocycles. The standard InChI is InChI=1S/C14H27NO3/c1-14(2,3)18-13(17)15(4)10-9-12(16)11-7-5-6-8-11/h11-12,16H,5-10H2,1-4H3. The molecule has 0 radical (unpaired) electrons. The first-order chi connectivity index (χ1) is 8.29. The molecule has 1 atom stereocenters. The predicted molar refractivity (Wildman–Crippen MR) is 71.4 cm³/mol. The van der Waals surface area contributed by atoms with Crippen molar-refractivity contribution in [1.82, 2.24) is 4.90 Å². The van der Waals surface area contributed by atoms with Crippen molar-refractivity contribution in [2.45, 2.75) is 64.6 Å². The number of carbonyl (C=O) groups is 1. The highest BCUT2D eigenvalue weighted by molar-refractivity contribution is 5.67. The first-order valence-corrected chi connectivity index (χ1v) is 6.92. The van der Waals surface area contributed by atoms with Crippen molar-refractivity contribution < 1.29 is 14.6 Å². The first-order valence-electron chi connectivity index (χ1n) is 6.92. The first kappa shape index (κ1) is 15.3. The summed E-state index contributed by atoms with van der Waals surface area (Å²) in [6.45, 7) is 6.11. The summed E-state index contributed by atoms with van der Waals surface area (Å²) in [7, 11) is 1.72. The van der Waals surface area contributed by atoms with E-state index >= 15 is 0 Å². The van der Waals surface area contributed by atoms with Crippen LogP contribution >= 0.6 is 0 Å². The summed E-state index contributed by atoms with van der Waals surface area (Å²) in [5.41, 5.74) is -0.463. The van der Waals surface area contributed by atoms with E-state index in [9.17, 15) is 9.90 Å². The number of hydrogen-bond donors (Lipinski definition) is 1. The summed E-state index contributed by atoms with van der Waals surface area (Å²) in [6.07, 6.45) is 4.74. The average molecular weight is 257 g/mol. The number of hydrogen-bond acceptors (Lipinski definition) is 3. The maximum atomic E-state index is 11.7. The Balaban J connectivity index is 2.27. The molecule has 1 fully saturated rings. The molecule has 18 heavy (non-hydrogen) atoms. The molecule has 0 heterocycles. The second-order valence-corrected chi connectivity index (χ2v) is 6.30. The molecule has 0 aliphatic heterocycles. The lowest BCUT2D eigenvalue weighted by molar-refractivity contribution is 0.0251. The minimum Gasteiger partial charge on any atom is -0.444 e. The molecule has 106 valence electrons. The minimum absolute atomic E-state index is 0.280. The number of rotatable bonds is 4. The third-order valence-electron chi connectivity index (χ3n) is 3.41. The molecule has 0 spiro atoms. The van der Waals surface area contributed by atoms with Crippen molar-refractivity contribution in [2.75, 3.05) is 13.6 Å². The van der Waals surface area contributed by atoms with Gasteiger partial charge in [-0.2, -0.15) is 0 Å². The van der Waals surface area contributed by atoms with Gasteiger partial charge < -0.3 is 14.7 Å². The van der Waals surface area contributed by atoms with Gasteiger partial charge in [-0.05, 0) is 46.0 Å². The number of nitrogens with zero attached hydrogens (tertiary/aromatic N) is 1. The van der Waals surface area contributed by atoms with Gasteiger partial charge in [0.25, 0.3) is 0 Å². The van der Waals surface area contributed by atoms with Crippen LogP contribution in [0, 0.1) is 5.92 Å². The fraction of sp³-hybridized carbons (Fsp3) is 0.929. The molecule has 0 saturated heterocycles. The SMILES string of the molecule is CN(CCC(O)C1CCCC1)C(=O)OC(C)(C)C. The second kappa shape index (κ2) is 6.41. The summed E-state index contributed by atoms with van der Waals surface area (Å²) in [6, 6.07) is 0. The Morgan fingerprint density at radius 3 is 2.44 bits per heavy atom. The van der Waals surface area contributed by atoms with E-state index in [0.29, 0.717) is 18.9 Å². The Morgan fingerprint density at radius 1 is 1.39 bits per heavy atom. The largest absolute Gasteiger partial charge is 0.444 e. The third-order valence-corrected chi connectivity index (χ3v) is 3.41. The molecule has 1 aliphatic carbocycles. The smallest absolute Gasteiger partial charge is 0.410 e. The second-order valence-electron chi connectivity index (χ2n) is 6.30. The number of ether oxygens (including phenoxy) is 1. The maximum Gasteiger partial charge on any atom is 0.410 e. The zero-order valence-electron chi connectivity index (χ0n) is 12.1. The van der Waals surface area contributed by atoms with Gasteiger partial charge in [-0.25, -0.2) is 4.79 Å². The van der Waals surface area contributed by atoms with E-state index < -0.39 is 5.60 Å². The highest BCUT2D eigenvalue weighted by Crippen LogP contribution is 2.28. The summed E-state index contributed by atoms with van der Waals surface area (Å²) in [5, 5.41) is 10.0. The van der Waals surface area contributed by atoms with Gasteiger partial charge in [-0.15, -0.1) is 0 Å². The van der Waals surface area contributed by atoms with E-state index in [0.717, 1.165) is 12.8 Å². The fourth-order valence-electron chi connectivity index (χ4n) is 2.33. The summed E-state index contributed by atoms with van der Waals surface area (Å²) in [4.78, 5) is 13.3. The van der Waals surface area contributed by atoms with Crippen LogP contribution in [0.2, 0.25) is 0 Å². The van der Waals surface area contributed by atoms with Crippen molar-refractivity contribution in [2.24, 2.45) is 5.92 Å². The molecule has 1 N–H and O–H groups in total. The van der Waals surface area contributed by atoms with Gasteiger partial charge in [0.2, 0.25) is 0 Å². The van der Waals surface area contributed by atoms with E-state index in [2.05, 4.69) is 0 Å². The van der Waals surface area contributed by atoms with E-state index in [-0.39, 0.29) is 12.2 Å². The van der Waals surface area contributed by atoms with Gasteiger partial charge in [-0.3, -0.25) is 0 Å². The van der Waals surface area contributed by atoms with E-state index in [4.69, 9.17) is 4.74 Å². The van der Waals surface area contributed by atoms with Gasteiger partial charge in [0.15, 0.2) is 0 Å². The number of aliphatic hydroxyl groups excluding tert-OH is 1. The number of aliphatic hydroxyl groups is 1. The Hall–Kier alpha value is -0.770. The molecule has 1 aliphatic rings. The van der Waals surface area contributed by atoms with E-state index in [1.807, 2.05) is 20.8 Å². The molecule has 0 aromatic carbocycles. The van der Waals surface area contributed by atoms with Crippen LogP contribution in [-0.4, -0.2) is 41.4 Å². The lowest BCUT2D eigenvalue weighted by Crippen LogP contribution is -2.36. The van der Waals surface area contributed by atoms with Crippen LogP contribution < -0.4 is 0 Å². The zero-order chi connectivity index (χ0) is 13.8. The van der Waals surface area contributed by atoms with Crippen molar-refractivity contribution in [3.05, 3.63) is 0 Å². The van der Waals surface area contributed by atoms with Crippen LogP contribution in [-0.2, 0) is 4.74 Å². The quantitative estimate of drug-likeness (QED) is 0.842. The predicted octanol–water partition coefficient (Wildman–Crippen LogP) is 2.79. The lowest BCUT2D eigenvalue weighted by atomic mass is 9.98. The van der Waals surface area contributed by atoms with Crippen LogP contribution in [0.15, 0.2) is 0 Å². The van der Waals surface area contributed by atoms with E-state index in [1.54, 1.807) is 11.9 Å². The fourth-order valence-corrected chi connectivity index (χ4v) is 2.33. The van der Waals surface area contributed by atoms with Gasteiger partial charge in [0, 0.05) is 13.6 Å². The molecule has 4 heteroatoms. The molecule has 1 amide bonds. The number of carbonyl (C=O) groups excluding carboxylic acids is 1. The topological polar surface area (TPSA) is 49.8 Å². The van der Waals surface area contributed by atoms with Crippen molar-refractivity contribution >= 4 is 6.09 Å². The molecule has 4 nitrogen and oxygen atoms in total. The van der Waals surface area contributed by atoms with E-state index in [1.165, 1.54) is 12.8 Å². The van der Waals surface area contributed by atoms with Gasteiger partial charge in [0.05, 0.1) is 6.10 Å². The normalized spacial score (nSPS) is 18.7. The highest BCUT2D eigenvalue weighted by Gasteiger charge is 2.25. The van der Waals surface area contributed by atoms with Crippen molar-refractivity contribution in [3.63, 3.8) is 0 Å². The monoisotopic (exact) mass is 257 g/mol. The maximum absolute atomic E-state index is 11.7. The summed E-state index contributed by atoms with van der Waals surface area (Å²) >= 11 is 0. The number of amides is 1. The summed E-state index contributed by atoms with van der Waals surface area (Å²) < 4.78 is 5.26. The van der Waals surface area contributed by atoms with Gasteiger partial charge >= 0.3 is 6.09 Å². The Bertz CT molecular complexity index is 267. The van der Waals surface area contributed by atoms with Crippen LogP contribution in [0.5, 0.6) is 0 Å². The molecule has 1 rings (SSSR count). The Labute approximate surface area is 110 Å². The molecule has 0 aromatic rings. The molecular formula is C14H27NO3. The Kier molecular flexibility index (Phi) is 5.45. The third kappa shape index (κ3) is 5.25. The molecule has 1 unspecified atom stereocenters. The average Bonchev–Trinajstić information content (AvgIpc) is 2.76. The summed E-state index contributed by atoms with van der Waals surface area (Å²) in [5.74, 6) is 0.428.